The number of aromatic nitrogens is 2. The first kappa shape index (κ1) is 17.0. The zero-order valence-electron chi connectivity index (χ0n) is 11.7. The molecule has 0 radical (unpaired) electrons. The Balaban J connectivity index is 2.36. The third-order valence-corrected chi connectivity index (χ3v) is 4.67. The van der Waals surface area contributed by atoms with Crippen LogP contribution in [0.15, 0.2) is 33.3 Å². The molecule has 7 heteroatoms. The Morgan fingerprint density at radius 2 is 2.05 bits per heavy atom. The molecule has 0 aliphatic carbocycles. The lowest BCUT2D eigenvalue weighted by atomic mass is 10.1. The highest BCUT2D eigenvalue weighted by atomic mass is 79.9. The highest BCUT2D eigenvalue weighted by molar-refractivity contribution is 9.10. The third kappa shape index (κ3) is 4.07. The molecule has 1 atom stereocenters. The summed E-state index contributed by atoms with van der Waals surface area (Å²) in [6.07, 6.45) is 0.893. The van der Waals surface area contributed by atoms with Crippen molar-refractivity contribution in [1.29, 1.82) is 0 Å². The van der Waals surface area contributed by atoms with Gasteiger partial charge in [-0.05, 0) is 48.2 Å². The van der Waals surface area contributed by atoms with E-state index in [1.807, 2.05) is 24.8 Å². The van der Waals surface area contributed by atoms with E-state index >= 15 is 0 Å². The van der Waals surface area contributed by atoms with Gasteiger partial charge in [0.05, 0.1) is 22.9 Å². The van der Waals surface area contributed by atoms with Crippen LogP contribution >= 0.6 is 43.5 Å². The van der Waals surface area contributed by atoms with Crippen molar-refractivity contribution < 1.29 is 5.11 Å². The molecule has 0 amide bonds. The van der Waals surface area contributed by atoms with Crippen LogP contribution < -0.4 is 0 Å². The predicted molar refractivity (Wildman–Crippen MR) is 91.7 cm³/mol. The van der Waals surface area contributed by atoms with Crippen LogP contribution in [0.2, 0.25) is 5.02 Å². The van der Waals surface area contributed by atoms with Crippen LogP contribution in [0.3, 0.4) is 0 Å². The summed E-state index contributed by atoms with van der Waals surface area (Å²) in [6, 6.07) is 5.36. The van der Waals surface area contributed by atoms with Gasteiger partial charge in [-0.1, -0.05) is 27.5 Å². The van der Waals surface area contributed by atoms with Crippen molar-refractivity contribution in [3.05, 3.63) is 49.6 Å². The molecule has 0 spiro atoms. The maximum atomic E-state index is 10.7. The Labute approximate surface area is 146 Å². The van der Waals surface area contributed by atoms with Crippen molar-refractivity contribution in [2.75, 3.05) is 20.6 Å². The fourth-order valence-electron chi connectivity index (χ4n) is 1.99. The second-order valence-corrected chi connectivity index (χ2v) is 7.12. The number of aliphatic hydroxyl groups excluding tert-OH is 1. The number of benzene rings is 1. The maximum absolute atomic E-state index is 10.7. The largest absolute Gasteiger partial charge is 0.382 e. The van der Waals surface area contributed by atoms with Crippen molar-refractivity contribution in [2.45, 2.75) is 12.6 Å². The first-order valence-electron chi connectivity index (χ1n) is 6.39. The minimum atomic E-state index is -0.808. The second kappa shape index (κ2) is 7.24. The van der Waals surface area contributed by atoms with Gasteiger partial charge < -0.3 is 10.0 Å². The van der Waals surface area contributed by atoms with Crippen LogP contribution in [-0.2, 0) is 6.54 Å². The number of likely N-dealkylation sites (N-methyl/N-ethyl adjacent to an activating group) is 1. The van der Waals surface area contributed by atoms with E-state index in [0.29, 0.717) is 11.6 Å². The summed E-state index contributed by atoms with van der Waals surface area (Å²) in [4.78, 5) is 2.07. The summed E-state index contributed by atoms with van der Waals surface area (Å²) in [5.41, 5.74) is 1.44. The van der Waals surface area contributed by atoms with Crippen molar-refractivity contribution in [2.24, 2.45) is 0 Å². The lowest BCUT2D eigenvalue weighted by molar-refractivity contribution is 0.204. The van der Waals surface area contributed by atoms with Gasteiger partial charge in [-0.25, -0.2) is 0 Å². The van der Waals surface area contributed by atoms with E-state index < -0.39 is 6.10 Å². The molecule has 21 heavy (non-hydrogen) atoms. The fourth-order valence-corrected chi connectivity index (χ4v) is 3.15. The molecule has 1 N–H and O–H groups in total. The predicted octanol–water partition coefficient (Wildman–Crippen LogP) is 3.70. The number of hydrogen-bond acceptors (Lipinski definition) is 3. The van der Waals surface area contributed by atoms with Gasteiger partial charge in [0.2, 0.25) is 0 Å². The fraction of sp³-hybridized carbons (Fsp3) is 0.357. The highest BCUT2D eigenvalue weighted by Gasteiger charge is 2.22. The van der Waals surface area contributed by atoms with Gasteiger partial charge in [-0.15, -0.1) is 0 Å². The molecule has 1 aromatic heterocycles. The van der Waals surface area contributed by atoms with Gasteiger partial charge in [-0.2, -0.15) is 5.10 Å². The van der Waals surface area contributed by atoms with Crippen molar-refractivity contribution >= 4 is 43.5 Å². The van der Waals surface area contributed by atoms with Crippen LogP contribution in [0, 0.1) is 0 Å². The van der Waals surface area contributed by atoms with Gasteiger partial charge in [-0.3, -0.25) is 4.68 Å². The minimum Gasteiger partial charge on any atom is -0.382 e. The molecule has 2 rings (SSSR count). The molecule has 1 aromatic carbocycles. The van der Waals surface area contributed by atoms with Crippen molar-refractivity contribution in [1.82, 2.24) is 14.7 Å². The van der Waals surface area contributed by atoms with Crippen molar-refractivity contribution in [3.63, 3.8) is 0 Å². The smallest absolute Gasteiger partial charge is 0.123 e. The average molecular weight is 438 g/mol. The number of nitrogens with zero attached hydrogens (tertiary/aromatic N) is 3. The summed E-state index contributed by atoms with van der Waals surface area (Å²) in [7, 11) is 4.00. The number of aliphatic hydroxyl groups is 1. The Morgan fingerprint density at radius 1 is 1.33 bits per heavy atom. The van der Waals surface area contributed by atoms with Crippen LogP contribution in [0.25, 0.3) is 0 Å². The van der Waals surface area contributed by atoms with E-state index in [1.165, 1.54) is 0 Å². The summed E-state index contributed by atoms with van der Waals surface area (Å²) in [5, 5.41) is 15.6. The third-order valence-electron chi connectivity index (χ3n) is 3.10. The normalized spacial score (nSPS) is 12.9. The quantitative estimate of drug-likeness (QED) is 0.776. The molecule has 0 aliphatic heterocycles. The first-order chi connectivity index (χ1) is 9.90. The monoisotopic (exact) mass is 435 g/mol. The molecule has 0 bridgehead atoms. The summed E-state index contributed by atoms with van der Waals surface area (Å²) < 4.78 is 3.40. The highest BCUT2D eigenvalue weighted by Crippen LogP contribution is 2.34. The second-order valence-electron chi connectivity index (χ2n) is 4.97. The minimum absolute atomic E-state index is 0.586. The molecule has 1 heterocycles. The van der Waals surface area contributed by atoms with E-state index in [9.17, 15) is 5.11 Å². The van der Waals surface area contributed by atoms with Gasteiger partial charge >= 0.3 is 0 Å². The van der Waals surface area contributed by atoms with Gasteiger partial charge in [0.1, 0.15) is 6.10 Å². The Hall–Kier alpha value is -0.400. The molecule has 0 saturated heterocycles. The number of rotatable bonds is 5. The SMILES string of the molecule is CN(C)CCn1ncc(Br)c1C(O)c1cc(Cl)ccc1Br. The first-order valence-corrected chi connectivity index (χ1v) is 8.35. The van der Waals surface area contributed by atoms with Crippen molar-refractivity contribution in [3.8, 4) is 0 Å². The van der Waals surface area contributed by atoms with Crippen LogP contribution in [-0.4, -0.2) is 40.4 Å². The topological polar surface area (TPSA) is 41.3 Å². The van der Waals surface area contributed by atoms with Crippen LogP contribution in [0.4, 0.5) is 0 Å². The van der Waals surface area contributed by atoms with E-state index in [2.05, 4.69) is 41.9 Å². The lowest BCUT2D eigenvalue weighted by Crippen LogP contribution is -2.21. The lowest BCUT2D eigenvalue weighted by Gasteiger charge is -2.17. The van der Waals surface area contributed by atoms with Gasteiger partial charge in [0.15, 0.2) is 0 Å². The van der Waals surface area contributed by atoms with E-state index in [1.54, 1.807) is 18.3 Å². The molecule has 0 saturated carbocycles. The molecule has 114 valence electrons. The van der Waals surface area contributed by atoms with E-state index in [4.69, 9.17) is 11.6 Å². The van der Waals surface area contributed by atoms with Gasteiger partial charge in [0.25, 0.3) is 0 Å². The Kier molecular flexibility index (Phi) is 5.85. The summed E-state index contributed by atoms with van der Waals surface area (Å²) >= 11 is 12.9. The molecular weight excluding hydrogens is 421 g/mol. The zero-order valence-corrected chi connectivity index (χ0v) is 15.7. The zero-order chi connectivity index (χ0) is 15.6. The maximum Gasteiger partial charge on any atom is 0.123 e. The van der Waals surface area contributed by atoms with E-state index in [-0.39, 0.29) is 0 Å². The molecule has 0 fully saturated rings. The summed E-state index contributed by atoms with van der Waals surface area (Å²) in [6.45, 7) is 1.54. The Bertz CT molecular complexity index is 631. The average Bonchev–Trinajstić information content (AvgIpc) is 2.79. The molecule has 0 aliphatic rings. The van der Waals surface area contributed by atoms with E-state index in [0.717, 1.165) is 26.7 Å². The van der Waals surface area contributed by atoms with Gasteiger partial charge in [0, 0.05) is 21.6 Å². The molecule has 2 aromatic rings. The Morgan fingerprint density at radius 3 is 2.71 bits per heavy atom. The van der Waals surface area contributed by atoms with Crippen LogP contribution in [0.5, 0.6) is 0 Å². The molecule has 1 unspecified atom stereocenters. The molecular formula is C14H16Br2ClN3O. The number of hydrogen-bond donors (Lipinski definition) is 1. The standard InChI is InChI=1S/C14H16Br2ClN3O/c1-19(2)5-6-20-13(12(16)8-18-20)14(21)10-7-9(17)3-4-11(10)15/h3-4,7-8,14,21H,5-6H2,1-2H3. The molecule has 4 nitrogen and oxygen atoms in total. The number of halogens is 3. The van der Waals surface area contributed by atoms with Crippen LogP contribution in [0.1, 0.15) is 17.4 Å². The summed E-state index contributed by atoms with van der Waals surface area (Å²) in [5.74, 6) is 0.